The lowest BCUT2D eigenvalue weighted by Gasteiger charge is -2.20. The van der Waals surface area contributed by atoms with Crippen molar-refractivity contribution in [1.82, 2.24) is 0 Å². The summed E-state index contributed by atoms with van der Waals surface area (Å²) in [5.74, 6) is -0.464. The molecule has 1 N–H and O–H groups in total. The average molecular weight is 370 g/mol. The number of benzene rings is 2. The molecule has 132 valence electrons. The highest BCUT2D eigenvalue weighted by Gasteiger charge is 2.35. The fourth-order valence-corrected chi connectivity index (χ4v) is 3.50. The lowest BCUT2D eigenvalue weighted by Crippen LogP contribution is -2.19. The number of nitrogens with one attached hydrogen (secondary N) is 1. The van der Waals surface area contributed by atoms with Gasteiger partial charge in [0, 0.05) is 17.3 Å². The Balaban J connectivity index is 1.77. The molecule has 1 fully saturated rings. The maximum Gasteiger partial charge on any atom is 0.288 e. The third kappa shape index (κ3) is 3.39. The summed E-state index contributed by atoms with van der Waals surface area (Å²) in [5.41, 5.74) is 0.917. The lowest BCUT2D eigenvalue weighted by atomic mass is 9.80. The molecule has 0 radical (unpaired) electrons. The zero-order valence-corrected chi connectivity index (χ0v) is 14.6. The zero-order valence-electron chi connectivity index (χ0n) is 13.9. The summed E-state index contributed by atoms with van der Waals surface area (Å²) >= 11 is 5.76. The average Bonchev–Trinajstić information content (AvgIpc) is 3.12. The van der Waals surface area contributed by atoms with Crippen LogP contribution in [0.2, 0.25) is 5.02 Å². The van der Waals surface area contributed by atoms with Crippen molar-refractivity contribution in [2.24, 2.45) is 0 Å². The first-order valence-corrected chi connectivity index (χ1v) is 8.60. The Morgan fingerprint density at radius 1 is 1.19 bits per heavy atom. The van der Waals surface area contributed by atoms with E-state index in [9.17, 15) is 20.2 Å². The van der Waals surface area contributed by atoms with E-state index in [4.69, 9.17) is 11.6 Å². The molecule has 1 amide bonds. The summed E-state index contributed by atoms with van der Waals surface area (Å²) in [5, 5.41) is 23.2. The molecule has 7 heteroatoms. The summed E-state index contributed by atoms with van der Waals surface area (Å²) in [6.45, 7) is 0. The molecular weight excluding hydrogens is 354 g/mol. The molecule has 1 aliphatic carbocycles. The van der Waals surface area contributed by atoms with E-state index >= 15 is 0 Å². The third-order valence-corrected chi connectivity index (χ3v) is 5.09. The Hall–Kier alpha value is -2.91. The predicted molar refractivity (Wildman–Crippen MR) is 98.3 cm³/mol. The Kier molecular flexibility index (Phi) is 4.92. The van der Waals surface area contributed by atoms with Crippen molar-refractivity contribution in [1.29, 1.82) is 5.26 Å². The summed E-state index contributed by atoms with van der Waals surface area (Å²) in [7, 11) is 0. The third-order valence-electron chi connectivity index (χ3n) is 4.77. The van der Waals surface area contributed by atoms with Gasteiger partial charge in [0.1, 0.15) is 5.02 Å². The standard InChI is InChI=1S/C19H16ClN3O3/c20-16-8-3-13(11-17(16)23(25)26)18(24)22-15-6-4-14(5-7-15)19(12-21)9-1-2-10-19/h3-8,11H,1-2,9-10H2,(H,22,24). The van der Waals surface area contributed by atoms with E-state index in [-0.39, 0.29) is 16.3 Å². The molecule has 1 aliphatic rings. The number of carbonyl (C=O) groups excluding carboxylic acids is 1. The molecule has 3 rings (SSSR count). The molecule has 2 aromatic carbocycles. The summed E-state index contributed by atoms with van der Waals surface area (Å²) in [6, 6.07) is 13.5. The minimum Gasteiger partial charge on any atom is -0.322 e. The van der Waals surface area contributed by atoms with Crippen molar-refractivity contribution in [2.75, 3.05) is 5.32 Å². The molecule has 0 aliphatic heterocycles. The van der Waals surface area contributed by atoms with Crippen molar-refractivity contribution in [3.05, 3.63) is 68.7 Å². The van der Waals surface area contributed by atoms with Crippen LogP contribution in [-0.4, -0.2) is 10.8 Å². The second kappa shape index (κ2) is 7.14. The maximum absolute atomic E-state index is 12.3. The number of hydrogen-bond acceptors (Lipinski definition) is 4. The maximum atomic E-state index is 12.3. The first kappa shape index (κ1) is 17.9. The Morgan fingerprint density at radius 3 is 2.42 bits per heavy atom. The zero-order chi connectivity index (χ0) is 18.7. The van der Waals surface area contributed by atoms with Crippen molar-refractivity contribution in [3.8, 4) is 6.07 Å². The molecule has 26 heavy (non-hydrogen) atoms. The number of halogens is 1. The molecule has 0 bridgehead atoms. The molecule has 0 aromatic heterocycles. The number of carbonyl (C=O) groups is 1. The molecule has 0 saturated heterocycles. The molecule has 0 spiro atoms. The summed E-state index contributed by atoms with van der Waals surface area (Å²) in [6.07, 6.45) is 3.79. The second-order valence-electron chi connectivity index (χ2n) is 6.36. The highest BCUT2D eigenvalue weighted by Crippen LogP contribution is 2.40. The number of amides is 1. The van der Waals surface area contributed by atoms with Crippen molar-refractivity contribution in [3.63, 3.8) is 0 Å². The molecule has 1 saturated carbocycles. The van der Waals surface area contributed by atoms with E-state index < -0.39 is 16.2 Å². The molecular formula is C19H16ClN3O3. The van der Waals surface area contributed by atoms with Crippen LogP contribution in [0.25, 0.3) is 0 Å². The predicted octanol–water partition coefficient (Wildman–Crippen LogP) is 4.84. The molecule has 0 atom stereocenters. The van der Waals surface area contributed by atoms with Gasteiger partial charge in [0.2, 0.25) is 0 Å². The first-order chi connectivity index (χ1) is 12.4. The highest BCUT2D eigenvalue weighted by molar-refractivity contribution is 6.32. The van der Waals surface area contributed by atoms with E-state index in [0.29, 0.717) is 5.69 Å². The molecule has 0 heterocycles. The van der Waals surface area contributed by atoms with E-state index in [1.54, 1.807) is 12.1 Å². The van der Waals surface area contributed by atoms with E-state index in [1.807, 2.05) is 12.1 Å². The van der Waals surface area contributed by atoms with Crippen LogP contribution in [0, 0.1) is 21.4 Å². The van der Waals surface area contributed by atoms with Gasteiger partial charge in [-0.05, 0) is 42.7 Å². The van der Waals surface area contributed by atoms with Crippen molar-refractivity contribution in [2.45, 2.75) is 31.1 Å². The van der Waals surface area contributed by atoms with E-state index in [0.717, 1.165) is 37.3 Å². The van der Waals surface area contributed by atoms with Crippen LogP contribution in [0.15, 0.2) is 42.5 Å². The van der Waals surface area contributed by atoms with Gasteiger partial charge >= 0.3 is 0 Å². The van der Waals surface area contributed by atoms with Gasteiger partial charge in [-0.25, -0.2) is 0 Å². The van der Waals surface area contributed by atoms with Gasteiger partial charge in [-0.1, -0.05) is 36.6 Å². The van der Waals surface area contributed by atoms with Gasteiger partial charge in [0.15, 0.2) is 0 Å². The number of nitro groups is 1. The smallest absolute Gasteiger partial charge is 0.288 e. The fraction of sp³-hybridized carbons (Fsp3) is 0.263. The Morgan fingerprint density at radius 2 is 1.85 bits per heavy atom. The SMILES string of the molecule is N#CC1(c2ccc(NC(=O)c3ccc(Cl)c([N+](=O)[O-])c3)cc2)CCCC1. The van der Waals surface area contributed by atoms with Crippen LogP contribution in [0.5, 0.6) is 0 Å². The monoisotopic (exact) mass is 369 g/mol. The van der Waals surface area contributed by atoms with Gasteiger partial charge in [-0.15, -0.1) is 0 Å². The minimum absolute atomic E-state index is 0.0192. The largest absolute Gasteiger partial charge is 0.322 e. The van der Waals surface area contributed by atoms with E-state index in [1.165, 1.54) is 12.1 Å². The summed E-state index contributed by atoms with van der Waals surface area (Å²) in [4.78, 5) is 22.6. The van der Waals surface area contributed by atoms with Gasteiger partial charge < -0.3 is 5.32 Å². The van der Waals surface area contributed by atoms with Crippen LogP contribution in [-0.2, 0) is 5.41 Å². The van der Waals surface area contributed by atoms with Gasteiger partial charge in [0.25, 0.3) is 11.6 Å². The normalized spacial score (nSPS) is 15.2. The first-order valence-electron chi connectivity index (χ1n) is 8.22. The fourth-order valence-electron chi connectivity index (χ4n) is 3.31. The van der Waals surface area contributed by atoms with Crippen LogP contribution < -0.4 is 5.32 Å². The highest BCUT2D eigenvalue weighted by atomic mass is 35.5. The van der Waals surface area contributed by atoms with Crippen molar-refractivity contribution < 1.29 is 9.72 Å². The number of nitro benzene ring substituents is 1. The molecule has 2 aromatic rings. The molecule has 0 unspecified atom stereocenters. The number of hydrogen-bond donors (Lipinski definition) is 1. The van der Waals surface area contributed by atoms with Crippen molar-refractivity contribution >= 4 is 28.9 Å². The second-order valence-corrected chi connectivity index (χ2v) is 6.76. The number of rotatable bonds is 4. The quantitative estimate of drug-likeness (QED) is 0.616. The van der Waals surface area contributed by atoms with Crippen LogP contribution >= 0.6 is 11.6 Å². The lowest BCUT2D eigenvalue weighted by molar-refractivity contribution is -0.384. The number of nitriles is 1. The van der Waals surface area contributed by atoms with Crippen LogP contribution in [0.3, 0.4) is 0 Å². The van der Waals surface area contributed by atoms with Gasteiger partial charge in [-0.3, -0.25) is 14.9 Å². The Bertz CT molecular complexity index is 897. The number of nitrogens with zero attached hydrogens (tertiary/aromatic N) is 2. The minimum atomic E-state index is -0.628. The van der Waals surface area contributed by atoms with Crippen LogP contribution in [0.4, 0.5) is 11.4 Å². The van der Waals surface area contributed by atoms with Crippen LogP contribution in [0.1, 0.15) is 41.6 Å². The topological polar surface area (TPSA) is 96.0 Å². The van der Waals surface area contributed by atoms with Gasteiger partial charge in [0.05, 0.1) is 16.4 Å². The Labute approximate surface area is 155 Å². The van der Waals surface area contributed by atoms with Gasteiger partial charge in [-0.2, -0.15) is 5.26 Å². The number of anilines is 1. The van der Waals surface area contributed by atoms with E-state index in [2.05, 4.69) is 11.4 Å². The molecule has 6 nitrogen and oxygen atoms in total. The summed E-state index contributed by atoms with van der Waals surface area (Å²) < 4.78 is 0.